The van der Waals surface area contributed by atoms with Crippen molar-refractivity contribution in [3.05, 3.63) is 32.7 Å². The Labute approximate surface area is 124 Å². The maximum absolute atomic E-state index is 12.5. The van der Waals surface area contributed by atoms with Crippen molar-refractivity contribution >= 4 is 37.8 Å². The number of carbonyl (C=O) groups is 1. The first-order valence-corrected chi connectivity index (χ1v) is 7.65. The molecule has 0 radical (unpaired) electrons. The summed E-state index contributed by atoms with van der Waals surface area (Å²) in [5, 5.41) is 0. The molecule has 0 aromatic heterocycles. The van der Waals surface area contributed by atoms with E-state index >= 15 is 0 Å². The van der Waals surface area contributed by atoms with Crippen molar-refractivity contribution in [2.75, 3.05) is 19.6 Å². The van der Waals surface area contributed by atoms with Crippen molar-refractivity contribution in [2.45, 2.75) is 12.8 Å². The lowest BCUT2D eigenvalue weighted by Gasteiger charge is -2.32. The molecule has 98 valence electrons. The molecular weight excluding hydrogens is 360 g/mol. The zero-order chi connectivity index (χ0) is 13.1. The lowest BCUT2D eigenvalue weighted by Crippen LogP contribution is -2.42. The Morgan fingerprint density at radius 2 is 2.22 bits per heavy atom. The Morgan fingerprint density at radius 3 is 2.94 bits per heavy atom. The van der Waals surface area contributed by atoms with E-state index in [-0.39, 0.29) is 5.91 Å². The van der Waals surface area contributed by atoms with Crippen LogP contribution in [0.1, 0.15) is 23.2 Å². The predicted molar refractivity (Wildman–Crippen MR) is 79.5 cm³/mol. The van der Waals surface area contributed by atoms with Crippen LogP contribution in [0, 0.1) is 5.92 Å². The van der Waals surface area contributed by atoms with Crippen molar-refractivity contribution in [1.82, 2.24) is 4.90 Å². The minimum Gasteiger partial charge on any atom is -0.338 e. The van der Waals surface area contributed by atoms with Crippen LogP contribution in [0.2, 0.25) is 0 Å². The van der Waals surface area contributed by atoms with Gasteiger partial charge in [-0.1, -0.05) is 15.9 Å². The summed E-state index contributed by atoms with van der Waals surface area (Å²) < 4.78 is 1.76. The number of hydrogen-bond donors (Lipinski definition) is 1. The summed E-state index contributed by atoms with van der Waals surface area (Å²) in [6.07, 6.45) is 2.17. The number of halogens is 2. The molecule has 1 aromatic rings. The number of nitrogens with two attached hydrogens (primary N) is 1. The number of hydrogen-bond acceptors (Lipinski definition) is 2. The predicted octanol–water partition coefficient (Wildman–Crippen LogP) is 3.02. The highest BCUT2D eigenvalue weighted by molar-refractivity contribution is 9.11. The molecule has 5 heteroatoms. The van der Waals surface area contributed by atoms with Gasteiger partial charge in [-0.05, 0) is 59.4 Å². The highest BCUT2D eigenvalue weighted by atomic mass is 79.9. The van der Waals surface area contributed by atoms with E-state index in [1.165, 1.54) is 0 Å². The van der Waals surface area contributed by atoms with E-state index in [4.69, 9.17) is 5.73 Å². The Morgan fingerprint density at radius 1 is 1.44 bits per heavy atom. The van der Waals surface area contributed by atoms with Gasteiger partial charge >= 0.3 is 0 Å². The normalized spacial score (nSPS) is 19.9. The molecule has 1 atom stereocenters. The number of piperidine rings is 1. The SMILES string of the molecule is NCC1CCCN(C(=O)c2cc(Br)ccc2Br)C1. The van der Waals surface area contributed by atoms with Crippen molar-refractivity contribution in [3.8, 4) is 0 Å². The van der Waals surface area contributed by atoms with Crippen LogP contribution in [0.3, 0.4) is 0 Å². The summed E-state index contributed by atoms with van der Waals surface area (Å²) in [5.74, 6) is 0.523. The topological polar surface area (TPSA) is 46.3 Å². The second kappa shape index (κ2) is 6.17. The minimum atomic E-state index is 0.0846. The summed E-state index contributed by atoms with van der Waals surface area (Å²) in [4.78, 5) is 14.4. The van der Waals surface area contributed by atoms with Crippen molar-refractivity contribution in [1.29, 1.82) is 0 Å². The fourth-order valence-electron chi connectivity index (χ4n) is 2.27. The molecule has 1 saturated heterocycles. The van der Waals surface area contributed by atoms with Gasteiger partial charge in [0.1, 0.15) is 0 Å². The smallest absolute Gasteiger partial charge is 0.255 e. The number of amides is 1. The molecule has 1 aliphatic rings. The lowest BCUT2D eigenvalue weighted by atomic mass is 9.97. The van der Waals surface area contributed by atoms with Crippen molar-refractivity contribution < 1.29 is 4.79 Å². The zero-order valence-corrected chi connectivity index (χ0v) is 13.2. The number of benzene rings is 1. The van der Waals surface area contributed by atoms with E-state index in [0.717, 1.165) is 34.9 Å². The van der Waals surface area contributed by atoms with Gasteiger partial charge in [0.2, 0.25) is 0 Å². The zero-order valence-electron chi connectivity index (χ0n) is 10.0. The quantitative estimate of drug-likeness (QED) is 0.863. The van der Waals surface area contributed by atoms with E-state index in [9.17, 15) is 4.79 Å². The first-order chi connectivity index (χ1) is 8.61. The van der Waals surface area contributed by atoms with Crippen LogP contribution in [0.5, 0.6) is 0 Å². The van der Waals surface area contributed by atoms with Gasteiger partial charge in [-0.25, -0.2) is 0 Å². The van der Waals surface area contributed by atoms with Crippen LogP contribution in [0.25, 0.3) is 0 Å². The van der Waals surface area contributed by atoms with Crippen LogP contribution in [-0.2, 0) is 0 Å². The molecule has 0 aliphatic carbocycles. The van der Waals surface area contributed by atoms with Gasteiger partial charge in [-0.15, -0.1) is 0 Å². The van der Waals surface area contributed by atoms with Crippen LogP contribution < -0.4 is 5.73 Å². The summed E-state index contributed by atoms with van der Waals surface area (Å²) in [5.41, 5.74) is 6.41. The average Bonchev–Trinajstić information content (AvgIpc) is 2.41. The van der Waals surface area contributed by atoms with Crippen LogP contribution in [0.15, 0.2) is 27.1 Å². The molecule has 3 nitrogen and oxygen atoms in total. The Bertz CT molecular complexity index is 451. The highest BCUT2D eigenvalue weighted by Gasteiger charge is 2.24. The molecule has 1 heterocycles. The highest BCUT2D eigenvalue weighted by Crippen LogP contribution is 2.25. The summed E-state index contributed by atoms with van der Waals surface area (Å²) in [6.45, 7) is 2.26. The first-order valence-electron chi connectivity index (χ1n) is 6.06. The molecule has 1 fully saturated rings. The third kappa shape index (κ3) is 3.13. The van der Waals surface area contributed by atoms with Crippen LogP contribution in [-0.4, -0.2) is 30.4 Å². The van der Waals surface area contributed by atoms with Gasteiger partial charge < -0.3 is 10.6 Å². The van der Waals surface area contributed by atoms with Gasteiger partial charge in [0.05, 0.1) is 5.56 Å². The molecule has 1 amide bonds. The van der Waals surface area contributed by atoms with E-state index in [0.29, 0.717) is 18.0 Å². The minimum absolute atomic E-state index is 0.0846. The van der Waals surface area contributed by atoms with Crippen molar-refractivity contribution in [3.63, 3.8) is 0 Å². The summed E-state index contributed by atoms with van der Waals surface area (Å²) in [6, 6.07) is 5.67. The van der Waals surface area contributed by atoms with E-state index in [1.54, 1.807) is 0 Å². The monoisotopic (exact) mass is 374 g/mol. The van der Waals surface area contributed by atoms with Gasteiger partial charge in [-0.2, -0.15) is 0 Å². The third-order valence-corrected chi connectivity index (χ3v) is 4.48. The Hall–Kier alpha value is -0.390. The summed E-state index contributed by atoms with van der Waals surface area (Å²) >= 11 is 6.84. The second-order valence-corrected chi connectivity index (χ2v) is 6.39. The van der Waals surface area contributed by atoms with Gasteiger partial charge in [0.15, 0.2) is 0 Å². The van der Waals surface area contributed by atoms with E-state index < -0.39 is 0 Å². The number of rotatable bonds is 2. The standard InChI is InChI=1S/C13H16Br2N2O/c14-10-3-4-12(15)11(6-10)13(18)17-5-1-2-9(7-16)8-17/h3-4,6,9H,1-2,5,7-8,16H2. The molecule has 0 spiro atoms. The second-order valence-electron chi connectivity index (χ2n) is 4.62. The molecule has 1 unspecified atom stereocenters. The lowest BCUT2D eigenvalue weighted by molar-refractivity contribution is 0.0677. The molecule has 1 aliphatic heterocycles. The first kappa shape index (κ1) is 14.0. The van der Waals surface area contributed by atoms with Gasteiger partial charge in [0.25, 0.3) is 5.91 Å². The van der Waals surface area contributed by atoms with Crippen molar-refractivity contribution in [2.24, 2.45) is 11.7 Å². The van der Waals surface area contributed by atoms with Gasteiger partial charge in [0, 0.05) is 22.0 Å². The van der Waals surface area contributed by atoms with Crippen LogP contribution >= 0.6 is 31.9 Å². The van der Waals surface area contributed by atoms with Gasteiger partial charge in [-0.3, -0.25) is 4.79 Å². The number of nitrogens with zero attached hydrogens (tertiary/aromatic N) is 1. The third-order valence-electron chi connectivity index (χ3n) is 3.30. The molecular formula is C13H16Br2N2O. The molecule has 2 N–H and O–H groups in total. The fraction of sp³-hybridized carbons (Fsp3) is 0.462. The molecule has 0 saturated carbocycles. The molecule has 1 aromatic carbocycles. The van der Waals surface area contributed by atoms with Crippen LogP contribution in [0.4, 0.5) is 0 Å². The fourth-order valence-corrected chi connectivity index (χ4v) is 3.05. The number of carbonyl (C=O) groups excluding carboxylic acids is 1. The molecule has 18 heavy (non-hydrogen) atoms. The molecule has 2 rings (SSSR count). The maximum Gasteiger partial charge on any atom is 0.255 e. The Balaban J connectivity index is 2.17. The average molecular weight is 376 g/mol. The maximum atomic E-state index is 12.5. The van der Waals surface area contributed by atoms with E-state index in [1.807, 2.05) is 23.1 Å². The largest absolute Gasteiger partial charge is 0.338 e. The van der Waals surface area contributed by atoms with E-state index in [2.05, 4.69) is 31.9 Å². The number of likely N-dealkylation sites (tertiary alicyclic amines) is 1. The Kier molecular flexibility index (Phi) is 4.81. The summed E-state index contributed by atoms with van der Waals surface area (Å²) in [7, 11) is 0. The molecule has 0 bridgehead atoms.